The molecule has 0 spiro atoms. The highest BCUT2D eigenvalue weighted by molar-refractivity contribution is 5.88. The number of halogens is 22. The van der Waals surface area contributed by atoms with Crippen molar-refractivity contribution in [2.45, 2.75) is 24.7 Å². The number of benzene rings is 5. The molecular weight excluding hydrogens is 902 g/mol. The van der Waals surface area contributed by atoms with Gasteiger partial charge in [0.05, 0.1) is 44.5 Å². The topological polar surface area (TPSA) is 47.6 Å². The van der Waals surface area contributed by atoms with E-state index in [9.17, 15) is 89.6 Å². The first kappa shape index (κ1) is 46.3. The normalized spacial score (nSPS) is 13.5. The van der Waals surface area contributed by atoms with Crippen LogP contribution in [0.5, 0.6) is 0 Å². The van der Waals surface area contributed by atoms with Crippen LogP contribution in [0.15, 0.2) is 48.5 Å². The highest BCUT2D eigenvalue weighted by Gasteiger charge is 2.40. The van der Waals surface area contributed by atoms with Crippen molar-refractivity contribution in [1.82, 2.24) is 0 Å². The fraction of sp³-hybridized carbons (Fsp3) is 0.105. The number of hydrogen-bond donors (Lipinski definition) is 0. The number of rotatable bonds is 4. The van der Waals surface area contributed by atoms with Crippen LogP contribution in [0.2, 0.25) is 0 Å². The first-order valence-corrected chi connectivity index (χ1v) is 15.7. The number of nitriles is 2. The van der Waals surface area contributed by atoms with E-state index in [4.69, 9.17) is 0 Å². The van der Waals surface area contributed by atoms with Gasteiger partial charge in [-0.1, -0.05) is 0 Å². The molecule has 324 valence electrons. The second-order valence-electron chi connectivity index (χ2n) is 12.4. The first-order chi connectivity index (χ1) is 28.4. The minimum Gasteiger partial charge on any atom is -0.203 e. The van der Waals surface area contributed by atoms with E-state index >= 15 is 17.6 Å². The van der Waals surface area contributed by atoms with Gasteiger partial charge in [0.25, 0.3) is 0 Å². The maximum Gasteiger partial charge on any atom is 0.416 e. The largest absolute Gasteiger partial charge is 0.416 e. The standard InChI is InChI=1S/C38H8F22N2/c39-25-23(26(40)30(44)33(47)29(25)43)21(9-61)19-8-18(12-3-15(37(55,56)57)6-16(4-12)38(58,59)60)20(22(10-62)24-27(41)31(45)34(48)32(46)28(24)42)7-17(19)11-1-13(35(49,50)51)5-14(2-11)36(52,53)54/h1-8H/b21-19+,22-20+. The summed E-state index contributed by atoms with van der Waals surface area (Å²) >= 11 is 0. The zero-order valence-corrected chi connectivity index (χ0v) is 28.8. The van der Waals surface area contributed by atoms with Crippen LogP contribution >= 0.6 is 0 Å². The fourth-order valence-corrected chi connectivity index (χ4v) is 5.86. The Morgan fingerprint density at radius 1 is 0.323 bits per heavy atom. The second kappa shape index (κ2) is 15.6. The zero-order chi connectivity index (χ0) is 46.9. The molecule has 0 aromatic heterocycles. The molecule has 0 aliphatic heterocycles. The highest BCUT2D eigenvalue weighted by Crippen LogP contribution is 2.41. The molecule has 5 rings (SSSR count). The van der Waals surface area contributed by atoms with Crippen molar-refractivity contribution in [1.29, 1.82) is 10.5 Å². The number of nitrogens with zero attached hydrogens (tertiary/aromatic N) is 2. The number of hydrogen-bond acceptors (Lipinski definition) is 2. The van der Waals surface area contributed by atoms with Crippen LogP contribution in [0.25, 0.3) is 33.4 Å². The molecule has 0 radical (unpaired) electrons. The second-order valence-corrected chi connectivity index (χ2v) is 12.4. The third kappa shape index (κ3) is 8.20. The molecule has 2 nitrogen and oxygen atoms in total. The molecule has 24 heteroatoms. The van der Waals surface area contributed by atoms with Crippen molar-refractivity contribution in [3.8, 4) is 34.4 Å². The average molecular weight is 910 g/mol. The van der Waals surface area contributed by atoms with Crippen molar-refractivity contribution >= 4 is 11.1 Å². The molecule has 0 heterocycles. The molecule has 0 atom stereocenters. The van der Waals surface area contributed by atoms with E-state index in [0.29, 0.717) is 0 Å². The Hall–Kier alpha value is -6.72. The van der Waals surface area contributed by atoms with E-state index in [1.165, 1.54) is 0 Å². The summed E-state index contributed by atoms with van der Waals surface area (Å²) in [6.45, 7) is 0. The van der Waals surface area contributed by atoms with Gasteiger partial charge in [0.2, 0.25) is 11.6 Å². The van der Waals surface area contributed by atoms with Gasteiger partial charge in [-0.25, -0.2) is 43.9 Å². The summed E-state index contributed by atoms with van der Waals surface area (Å²) in [4.78, 5) is 0. The van der Waals surface area contributed by atoms with Gasteiger partial charge in [-0.05, 0) is 70.8 Å². The van der Waals surface area contributed by atoms with Gasteiger partial charge in [0, 0.05) is 10.4 Å². The Balaban J connectivity index is 2.30. The third-order valence-electron chi connectivity index (χ3n) is 8.64. The SMILES string of the molecule is N#C/C(c1c(F)c(F)c(F)c(F)c1F)=c1/cc(-c2cc(C(F)(F)F)cc(C(F)(F)F)c2)/c(=C(\C#N)c2c(F)c(F)c(F)c(F)c2F)cc1-c1cc(C(F)(F)F)cc(C(F)(F)F)c1. The van der Waals surface area contributed by atoms with E-state index < -0.39 is 172 Å². The van der Waals surface area contributed by atoms with Crippen LogP contribution in [0, 0.1) is 80.8 Å². The van der Waals surface area contributed by atoms with Gasteiger partial charge < -0.3 is 0 Å². The summed E-state index contributed by atoms with van der Waals surface area (Å²) in [5, 5.41) is 16.7. The maximum absolute atomic E-state index is 15.3. The number of alkyl halides is 12. The van der Waals surface area contributed by atoms with Crippen LogP contribution in [0.3, 0.4) is 0 Å². The van der Waals surface area contributed by atoms with Crippen LogP contribution in [-0.2, 0) is 24.7 Å². The molecule has 62 heavy (non-hydrogen) atoms. The minimum atomic E-state index is -5.83. The van der Waals surface area contributed by atoms with Gasteiger partial charge in [-0.15, -0.1) is 0 Å². The van der Waals surface area contributed by atoms with Crippen molar-refractivity contribution in [2.24, 2.45) is 0 Å². The lowest BCUT2D eigenvalue weighted by atomic mass is 9.87. The predicted molar refractivity (Wildman–Crippen MR) is 165 cm³/mol. The van der Waals surface area contributed by atoms with Crippen LogP contribution in [0.4, 0.5) is 96.6 Å². The average Bonchev–Trinajstić information content (AvgIpc) is 3.19. The minimum absolute atomic E-state index is 0.201. The smallest absolute Gasteiger partial charge is 0.203 e. The van der Waals surface area contributed by atoms with Gasteiger partial charge >= 0.3 is 24.7 Å². The molecule has 0 aliphatic carbocycles. The Morgan fingerprint density at radius 2 is 0.532 bits per heavy atom. The van der Waals surface area contributed by atoms with Crippen molar-refractivity contribution in [3.05, 3.63) is 151 Å². The summed E-state index contributed by atoms with van der Waals surface area (Å²) in [6, 6.07) is -1.15. The molecule has 0 N–H and O–H groups in total. The van der Waals surface area contributed by atoms with Gasteiger partial charge in [-0.3, -0.25) is 0 Å². The molecule has 0 bridgehead atoms. The fourth-order valence-electron chi connectivity index (χ4n) is 5.86. The third-order valence-corrected chi connectivity index (χ3v) is 8.64. The predicted octanol–water partition coefficient (Wildman–Crippen LogP) is 11.9. The van der Waals surface area contributed by atoms with E-state index in [2.05, 4.69) is 0 Å². The summed E-state index contributed by atoms with van der Waals surface area (Å²) < 4.78 is 316. The summed E-state index contributed by atoms with van der Waals surface area (Å²) in [5.74, 6) is -29.4. The highest BCUT2D eigenvalue weighted by atomic mass is 19.4. The van der Waals surface area contributed by atoms with Crippen molar-refractivity contribution in [2.75, 3.05) is 0 Å². The van der Waals surface area contributed by atoms with Gasteiger partial charge in [0.15, 0.2) is 46.5 Å². The quantitative estimate of drug-likeness (QED) is 0.102. The molecule has 0 unspecified atom stereocenters. The van der Waals surface area contributed by atoms with Crippen LogP contribution in [0.1, 0.15) is 33.4 Å². The van der Waals surface area contributed by atoms with Crippen LogP contribution in [-0.4, -0.2) is 0 Å². The van der Waals surface area contributed by atoms with E-state index in [1.807, 2.05) is 0 Å². The van der Waals surface area contributed by atoms with Crippen LogP contribution < -0.4 is 10.4 Å². The monoisotopic (exact) mass is 910 g/mol. The Kier molecular flexibility index (Phi) is 11.7. The molecular formula is C38H8F22N2. The molecule has 0 aliphatic rings. The lowest BCUT2D eigenvalue weighted by Crippen LogP contribution is -2.23. The molecule has 5 aromatic rings. The molecule has 0 saturated heterocycles. The first-order valence-electron chi connectivity index (χ1n) is 15.7. The maximum atomic E-state index is 15.3. The molecule has 5 aromatic carbocycles. The lowest BCUT2D eigenvalue weighted by molar-refractivity contribution is -0.144. The summed E-state index contributed by atoms with van der Waals surface area (Å²) in [7, 11) is 0. The summed E-state index contributed by atoms with van der Waals surface area (Å²) in [6.07, 6.45) is -23.3. The zero-order valence-electron chi connectivity index (χ0n) is 28.8. The van der Waals surface area contributed by atoms with E-state index in [1.54, 1.807) is 0 Å². The van der Waals surface area contributed by atoms with Gasteiger partial charge in [-0.2, -0.15) is 63.2 Å². The van der Waals surface area contributed by atoms with Gasteiger partial charge in [0.1, 0.15) is 12.1 Å². The summed E-state index contributed by atoms with van der Waals surface area (Å²) in [5.41, 5.74) is -24.8. The molecule has 0 saturated carbocycles. The Bertz CT molecular complexity index is 2600. The molecule has 0 fully saturated rings. The molecule has 0 amide bonds. The van der Waals surface area contributed by atoms with Crippen molar-refractivity contribution < 1.29 is 96.6 Å². The van der Waals surface area contributed by atoms with E-state index in [0.717, 1.165) is 12.1 Å². The van der Waals surface area contributed by atoms with Crippen molar-refractivity contribution in [3.63, 3.8) is 0 Å². The lowest BCUT2D eigenvalue weighted by Gasteiger charge is -2.18. The van der Waals surface area contributed by atoms with E-state index in [-0.39, 0.29) is 36.4 Å². The Morgan fingerprint density at radius 3 is 0.726 bits per heavy atom. The Labute approximate surface area is 328 Å².